The average molecular weight is 237 g/mol. The molecule has 84 valence electrons. The third-order valence-electron chi connectivity index (χ3n) is 2.03. The van der Waals surface area contributed by atoms with Crippen LogP contribution < -0.4 is 4.28 Å². The monoisotopic (exact) mass is 237 g/mol. The summed E-state index contributed by atoms with van der Waals surface area (Å²) in [6.45, 7) is 1.86. The van der Waals surface area contributed by atoms with Crippen molar-refractivity contribution >= 4 is 10.1 Å². The molecule has 1 heterocycles. The number of benzene rings is 1. The molecule has 0 aliphatic heterocycles. The van der Waals surface area contributed by atoms with Crippen LogP contribution in [0.5, 0.6) is 0 Å². The molecule has 0 aliphatic carbocycles. The minimum atomic E-state index is -3.74. The molecular formula is C11H11NO3S. The molecule has 0 atom stereocenters. The predicted octanol–water partition coefficient (Wildman–Crippen LogP) is 1.61. The van der Waals surface area contributed by atoms with Crippen LogP contribution in [0.15, 0.2) is 53.7 Å². The molecule has 0 N–H and O–H groups in total. The maximum absolute atomic E-state index is 11.8. The van der Waals surface area contributed by atoms with Crippen molar-refractivity contribution in [2.75, 3.05) is 0 Å². The zero-order chi connectivity index (χ0) is 11.6. The SMILES string of the molecule is Cc1ccn(OS(=O)(=O)c2ccccc2)c1. The molecule has 1 aromatic heterocycles. The largest absolute Gasteiger partial charge is 0.357 e. The van der Waals surface area contributed by atoms with E-state index in [2.05, 4.69) is 0 Å². The Kier molecular flexibility index (Phi) is 2.70. The standard InChI is InChI=1S/C11H11NO3S/c1-10-7-8-12(9-10)15-16(13,14)11-5-3-2-4-6-11/h2-9H,1H3. The van der Waals surface area contributed by atoms with Gasteiger partial charge < -0.3 is 0 Å². The molecule has 0 saturated heterocycles. The number of aryl methyl sites for hydroxylation is 1. The van der Waals surface area contributed by atoms with E-state index in [9.17, 15) is 8.42 Å². The van der Waals surface area contributed by atoms with Crippen LogP contribution in [0.4, 0.5) is 0 Å². The van der Waals surface area contributed by atoms with Gasteiger partial charge in [0, 0.05) is 12.4 Å². The number of hydrogen-bond acceptors (Lipinski definition) is 3. The summed E-state index contributed by atoms with van der Waals surface area (Å²) < 4.78 is 29.6. The summed E-state index contributed by atoms with van der Waals surface area (Å²) in [6, 6.07) is 9.80. The molecule has 0 spiro atoms. The lowest BCUT2D eigenvalue weighted by Crippen LogP contribution is -2.18. The number of aromatic nitrogens is 1. The van der Waals surface area contributed by atoms with Gasteiger partial charge in [-0.2, -0.15) is 13.1 Å². The first kappa shape index (κ1) is 10.8. The van der Waals surface area contributed by atoms with Crippen molar-refractivity contribution in [2.45, 2.75) is 11.8 Å². The summed E-state index contributed by atoms with van der Waals surface area (Å²) in [5.74, 6) is 0. The molecule has 0 fully saturated rings. The molecule has 0 saturated carbocycles. The Morgan fingerprint density at radius 3 is 2.38 bits per heavy atom. The topological polar surface area (TPSA) is 48.3 Å². The van der Waals surface area contributed by atoms with Gasteiger partial charge in [0.05, 0.1) is 0 Å². The Bertz CT molecular complexity index is 572. The van der Waals surface area contributed by atoms with E-state index >= 15 is 0 Å². The van der Waals surface area contributed by atoms with Gasteiger partial charge in [0.15, 0.2) is 0 Å². The van der Waals surface area contributed by atoms with Crippen LogP contribution >= 0.6 is 0 Å². The van der Waals surface area contributed by atoms with Crippen molar-refractivity contribution in [2.24, 2.45) is 0 Å². The quantitative estimate of drug-likeness (QED) is 0.815. The molecule has 16 heavy (non-hydrogen) atoms. The predicted molar refractivity (Wildman–Crippen MR) is 59.4 cm³/mol. The Balaban J connectivity index is 2.28. The van der Waals surface area contributed by atoms with Crippen LogP contribution in [0, 0.1) is 6.92 Å². The summed E-state index contributed by atoms with van der Waals surface area (Å²) in [5.41, 5.74) is 0.934. The smallest absolute Gasteiger partial charge is 0.284 e. The van der Waals surface area contributed by atoms with E-state index in [0.29, 0.717) is 0 Å². The van der Waals surface area contributed by atoms with Gasteiger partial charge in [-0.25, -0.2) is 0 Å². The van der Waals surface area contributed by atoms with Crippen LogP contribution in [0.1, 0.15) is 5.56 Å². The highest BCUT2D eigenvalue weighted by Crippen LogP contribution is 2.09. The third kappa shape index (κ3) is 2.25. The molecule has 1 aromatic carbocycles. The Morgan fingerprint density at radius 1 is 1.12 bits per heavy atom. The summed E-state index contributed by atoms with van der Waals surface area (Å²) in [7, 11) is -3.74. The lowest BCUT2D eigenvalue weighted by atomic mass is 10.4. The fraction of sp³-hybridized carbons (Fsp3) is 0.0909. The number of nitrogens with zero attached hydrogens (tertiary/aromatic N) is 1. The van der Waals surface area contributed by atoms with Crippen molar-refractivity contribution in [1.29, 1.82) is 0 Å². The van der Waals surface area contributed by atoms with E-state index in [0.717, 1.165) is 5.56 Å². The molecule has 0 unspecified atom stereocenters. The molecule has 2 aromatic rings. The summed E-state index contributed by atoms with van der Waals surface area (Å²) in [5, 5.41) is 0. The van der Waals surface area contributed by atoms with E-state index < -0.39 is 10.1 Å². The van der Waals surface area contributed by atoms with Gasteiger partial charge in [-0.3, -0.25) is 4.28 Å². The first-order chi connectivity index (χ1) is 7.58. The van der Waals surface area contributed by atoms with E-state index in [-0.39, 0.29) is 4.90 Å². The summed E-state index contributed by atoms with van der Waals surface area (Å²) >= 11 is 0. The zero-order valence-corrected chi connectivity index (χ0v) is 9.52. The fourth-order valence-corrected chi connectivity index (χ4v) is 2.16. The molecule has 0 bridgehead atoms. The molecule has 0 amide bonds. The van der Waals surface area contributed by atoms with Crippen LogP contribution in [0.25, 0.3) is 0 Å². The third-order valence-corrected chi connectivity index (χ3v) is 3.25. The zero-order valence-electron chi connectivity index (χ0n) is 8.70. The van der Waals surface area contributed by atoms with Crippen molar-refractivity contribution < 1.29 is 12.7 Å². The molecule has 0 aliphatic rings. The maximum Gasteiger partial charge on any atom is 0.357 e. The second-order valence-electron chi connectivity index (χ2n) is 3.39. The Hall–Kier alpha value is -1.75. The van der Waals surface area contributed by atoms with E-state index in [4.69, 9.17) is 4.28 Å². The Morgan fingerprint density at radius 2 is 1.81 bits per heavy atom. The van der Waals surface area contributed by atoms with Crippen LogP contribution in [-0.2, 0) is 10.1 Å². The van der Waals surface area contributed by atoms with Crippen LogP contribution in [0.2, 0.25) is 0 Å². The van der Waals surface area contributed by atoms with Gasteiger partial charge >= 0.3 is 10.1 Å². The first-order valence-corrected chi connectivity index (χ1v) is 6.13. The molecule has 5 heteroatoms. The summed E-state index contributed by atoms with van der Waals surface area (Å²) in [4.78, 5) is 0.140. The van der Waals surface area contributed by atoms with Crippen LogP contribution in [0.3, 0.4) is 0 Å². The molecule has 4 nitrogen and oxygen atoms in total. The highest BCUT2D eigenvalue weighted by atomic mass is 32.2. The second-order valence-corrected chi connectivity index (χ2v) is 4.92. The lowest BCUT2D eigenvalue weighted by molar-refractivity contribution is 0.280. The lowest BCUT2D eigenvalue weighted by Gasteiger charge is -2.06. The fourth-order valence-electron chi connectivity index (χ4n) is 1.27. The molecule has 2 rings (SSSR count). The van der Waals surface area contributed by atoms with Crippen molar-refractivity contribution in [3.05, 3.63) is 54.4 Å². The van der Waals surface area contributed by atoms with Crippen molar-refractivity contribution in [3.63, 3.8) is 0 Å². The molecule has 0 radical (unpaired) electrons. The van der Waals surface area contributed by atoms with Gasteiger partial charge in [0.2, 0.25) is 0 Å². The van der Waals surface area contributed by atoms with E-state index in [1.165, 1.54) is 16.9 Å². The second kappa shape index (κ2) is 4.02. The normalized spacial score (nSPS) is 11.3. The minimum absolute atomic E-state index is 0.140. The van der Waals surface area contributed by atoms with Crippen molar-refractivity contribution in [3.8, 4) is 0 Å². The van der Waals surface area contributed by atoms with Gasteiger partial charge in [0.25, 0.3) is 0 Å². The van der Waals surface area contributed by atoms with Gasteiger partial charge in [-0.15, -0.1) is 0 Å². The summed E-state index contributed by atoms with van der Waals surface area (Å²) in [6.07, 6.45) is 3.15. The first-order valence-electron chi connectivity index (χ1n) is 4.72. The van der Waals surface area contributed by atoms with Gasteiger partial charge in [-0.05, 0) is 30.7 Å². The highest BCUT2D eigenvalue weighted by Gasteiger charge is 2.15. The van der Waals surface area contributed by atoms with E-state index in [1.807, 2.05) is 6.92 Å². The molecular weight excluding hydrogens is 226 g/mol. The van der Waals surface area contributed by atoms with E-state index in [1.54, 1.807) is 36.7 Å². The van der Waals surface area contributed by atoms with Gasteiger partial charge in [-0.1, -0.05) is 18.2 Å². The maximum atomic E-state index is 11.8. The number of rotatable bonds is 3. The number of hydrogen-bond donors (Lipinski definition) is 0. The highest BCUT2D eigenvalue weighted by molar-refractivity contribution is 7.87. The Labute approximate surface area is 94.2 Å². The van der Waals surface area contributed by atoms with Gasteiger partial charge in [0.1, 0.15) is 4.90 Å². The van der Waals surface area contributed by atoms with Crippen LogP contribution in [-0.4, -0.2) is 13.1 Å². The average Bonchev–Trinajstić information content (AvgIpc) is 2.64. The minimum Gasteiger partial charge on any atom is -0.284 e. The van der Waals surface area contributed by atoms with Crippen molar-refractivity contribution in [1.82, 2.24) is 4.73 Å².